The third-order valence-corrected chi connectivity index (χ3v) is 7.89. The van der Waals surface area contributed by atoms with Crippen molar-refractivity contribution in [3.63, 3.8) is 0 Å². The topological polar surface area (TPSA) is 76.7 Å². The number of para-hydroxylation sites is 1. The lowest BCUT2D eigenvalue weighted by molar-refractivity contribution is 0.341. The molecule has 0 amide bonds. The van der Waals surface area contributed by atoms with Crippen LogP contribution in [0.4, 0.5) is 15.8 Å². The molecule has 176 valence electrons. The number of hydrogen-bond acceptors (Lipinski definition) is 5. The van der Waals surface area contributed by atoms with E-state index in [9.17, 15) is 12.8 Å². The Bertz CT molecular complexity index is 1360. The highest BCUT2D eigenvalue weighted by atomic mass is 32.2. The Morgan fingerprint density at radius 2 is 1.79 bits per heavy atom. The zero-order valence-electron chi connectivity index (χ0n) is 18.8. The molecule has 0 fully saturated rings. The molecule has 0 spiro atoms. The van der Waals surface area contributed by atoms with Crippen LogP contribution in [0.1, 0.15) is 29.5 Å². The van der Waals surface area contributed by atoms with Gasteiger partial charge in [0.05, 0.1) is 25.2 Å². The normalized spacial score (nSPS) is 20.7. The maximum absolute atomic E-state index is 13.2. The van der Waals surface area contributed by atoms with Gasteiger partial charge in [0.25, 0.3) is 10.0 Å². The van der Waals surface area contributed by atoms with Crippen LogP contribution in [0.25, 0.3) is 0 Å². The third-order valence-electron chi connectivity index (χ3n) is 6.51. The van der Waals surface area contributed by atoms with E-state index >= 15 is 0 Å². The first-order valence-electron chi connectivity index (χ1n) is 11.0. The van der Waals surface area contributed by atoms with Gasteiger partial charge in [-0.05, 0) is 66.4 Å². The molecule has 6 nitrogen and oxygen atoms in total. The summed E-state index contributed by atoms with van der Waals surface area (Å²) in [5, 5.41) is 3.61. The van der Waals surface area contributed by atoms with Crippen molar-refractivity contribution in [3.05, 3.63) is 89.8 Å². The molecule has 2 aliphatic rings. The second-order valence-electron chi connectivity index (χ2n) is 8.42. The van der Waals surface area contributed by atoms with Crippen LogP contribution < -0.4 is 19.5 Å². The largest absolute Gasteiger partial charge is 0.493 e. The molecular formula is C26H25FN2O4S. The van der Waals surface area contributed by atoms with Gasteiger partial charge in [0.15, 0.2) is 11.5 Å². The highest BCUT2D eigenvalue weighted by molar-refractivity contribution is 7.92. The van der Waals surface area contributed by atoms with E-state index in [2.05, 4.69) is 22.2 Å². The minimum absolute atomic E-state index is 0.0302. The minimum atomic E-state index is -3.83. The Morgan fingerprint density at radius 3 is 2.53 bits per heavy atom. The number of nitrogens with one attached hydrogen (secondary N) is 2. The van der Waals surface area contributed by atoms with Gasteiger partial charge in [-0.25, -0.2) is 12.8 Å². The van der Waals surface area contributed by atoms with E-state index in [0.717, 1.165) is 23.2 Å². The molecule has 0 aromatic heterocycles. The maximum Gasteiger partial charge on any atom is 0.261 e. The standard InChI is InChI=1S/C26H25FN2O4S/c1-32-24-8-4-7-21(26(24)33-2)25-20-6-3-5-19(20)22-15-18(13-14-23(22)28-25)34(30,31)29-17-11-9-16(27)10-12-17/h3-5,7-15,19-20,25,28-29H,6H2,1-2H3/t19-,20-,25+/m0/s1. The van der Waals surface area contributed by atoms with Crippen molar-refractivity contribution in [1.29, 1.82) is 0 Å². The van der Waals surface area contributed by atoms with Gasteiger partial charge in [-0.15, -0.1) is 0 Å². The molecule has 1 heterocycles. The lowest BCUT2D eigenvalue weighted by Gasteiger charge is -2.38. The Hall–Kier alpha value is -3.52. The van der Waals surface area contributed by atoms with Gasteiger partial charge < -0.3 is 14.8 Å². The summed E-state index contributed by atoms with van der Waals surface area (Å²) in [4.78, 5) is 0.161. The summed E-state index contributed by atoms with van der Waals surface area (Å²) in [5.74, 6) is 1.18. The lowest BCUT2D eigenvalue weighted by atomic mass is 9.77. The van der Waals surface area contributed by atoms with Crippen LogP contribution in [-0.2, 0) is 10.0 Å². The number of halogens is 1. The van der Waals surface area contributed by atoms with Crippen LogP contribution in [0.3, 0.4) is 0 Å². The van der Waals surface area contributed by atoms with Crippen molar-refractivity contribution in [2.24, 2.45) is 5.92 Å². The predicted octanol–water partition coefficient (Wildman–Crippen LogP) is 5.47. The molecule has 34 heavy (non-hydrogen) atoms. The smallest absolute Gasteiger partial charge is 0.261 e. The summed E-state index contributed by atoms with van der Waals surface area (Å²) in [6.45, 7) is 0. The van der Waals surface area contributed by atoms with Crippen LogP contribution in [0.2, 0.25) is 0 Å². The van der Waals surface area contributed by atoms with Gasteiger partial charge >= 0.3 is 0 Å². The van der Waals surface area contributed by atoms with Crippen molar-refractivity contribution in [2.45, 2.75) is 23.3 Å². The van der Waals surface area contributed by atoms with Crippen molar-refractivity contribution in [1.82, 2.24) is 0 Å². The monoisotopic (exact) mass is 480 g/mol. The van der Waals surface area contributed by atoms with Crippen LogP contribution in [-0.4, -0.2) is 22.6 Å². The molecule has 0 saturated carbocycles. The van der Waals surface area contributed by atoms with Gasteiger partial charge in [0, 0.05) is 22.9 Å². The fourth-order valence-electron chi connectivity index (χ4n) is 4.94. The first kappa shape index (κ1) is 22.3. The fourth-order valence-corrected chi connectivity index (χ4v) is 6.03. The van der Waals surface area contributed by atoms with Crippen molar-refractivity contribution in [3.8, 4) is 11.5 Å². The highest BCUT2D eigenvalue weighted by Crippen LogP contribution is 2.52. The van der Waals surface area contributed by atoms with Crippen molar-refractivity contribution >= 4 is 21.4 Å². The van der Waals surface area contributed by atoms with Crippen LogP contribution in [0.5, 0.6) is 11.5 Å². The molecule has 0 bridgehead atoms. The number of hydrogen-bond donors (Lipinski definition) is 2. The van der Waals surface area contributed by atoms with Gasteiger partial charge in [0.1, 0.15) is 5.82 Å². The summed E-state index contributed by atoms with van der Waals surface area (Å²) >= 11 is 0. The number of methoxy groups -OCH3 is 2. The molecule has 0 unspecified atom stereocenters. The minimum Gasteiger partial charge on any atom is -0.493 e. The highest BCUT2D eigenvalue weighted by Gasteiger charge is 2.40. The maximum atomic E-state index is 13.2. The Balaban J connectivity index is 1.50. The first-order valence-corrected chi connectivity index (χ1v) is 12.5. The SMILES string of the molecule is COc1cccc([C@@H]2Nc3ccc(S(=O)(=O)Nc4ccc(F)cc4)cc3[C@H]3C=CC[C@@H]32)c1OC. The third kappa shape index (κ3) is 3.88. The quantitative estimate of drug-likeness (QED) is 0.458. The van der Waals surface area contributed by atoms with Crippen LogP contribution in [0, 0.1) is 11.7 Å². The molecular weight excluding hydrogens is 455 g/mol. The average Bonchev–Trinajstić information content (AvgIpc) is 3.34. The van der Waals surface area contributed by atoms with Gasteiger partial charge in [0.2, 0.25) is 0 Å². The molecule has 3 aromatic rings. The summed E-state index contributed by atoms with van der Waals surface area (Å²) in [6, 6.07) is 16.2. The summed E-state index contributed by atoms with van der Waals surface area (Å²) < 4.78 is 53.0. The van der Waals surface area contributed by atoms with E-state index < -0.39 is 15.8 Å². The number of rotatable bonds is 6. The zero-order valence-corrected chi connectivity index (χ0v) is 19.6. The number of ether oxygens (including phenoxy) is 2. The fraction of sp³-hybridized carbons (Fsp3) is 0.231. The van der Waals surface area contributed by atoms with E-state index in [1.54, 1.807) is 32.4 Å². The molecule has 0 saturated heterocycles. The number of allylic oxidation sites excluding steroid dienone is 2. The second-order valence-corrected chi connectivity index (χ2v) is 10.1. The van der Waals surface area contributed by atoms with E-state index in [-0.39, 0.29) is 22.8 Å². The second kappa shape index (κ2) is 8.68. The number of sulfonamides is 1. The first-order chi connectivity index (χ1) is 16.4. The lowest BCUT2D eigenvalue weighted by Crippen LogP contribution is -2.29. The molecule has 1 aliphatic heterocycles. The number of anilines is 2. The van der Waals surface area contributed by atoms with Gasteiger partial charge in [-0.3, -0.25) is 4.72 Å². The van der Waals surface area contributed by atoms with E-state index in [1.165, 1.54) is 24.3 Å². The molecule has 2 N–H and O–H groups in total. The predicted molar refractivity (Wildman–Crippen MR) is 130 cm³/mol. The molecule has 0 radical (unpaired) electrons. The van der Waals surface area contributed by atoms with Gasteiger partial charge in [-0.1, -0.05) is 24.3 Å². The van der Waals surface area contributed by atoms with E-state index in [4.69, 9.17) is 9.47 Å². The van der Waals surface area contributed by atoms with Crippen LogP contribution >= 0.6 is 0 Å². The molecule has 3 aromatic carbocycles. The molecule has 3 atom stereocenters. The number of benzene rings is 3. The van der Waals surface area contributed by atoms with Crippen molar-refractivity contribution < 1.29 is 22.3 Å². The Labute approximate surface area is 198 Å². The summed E-state index contributed by atoms with van der Waals surface area (Å²) in [7, 11) is -0.584. The summed E-state index contributed by atoms with van der Waals surface area (Å²) in [6.07, 6.45) is 5.14. The molecule has 1 aliphatic carbocycles. The summed E-state index contributed by atoms with van der Waals surface area (Å²) in [5.41, 5.74) is 3.11. The Kier molecular flexibility index (Phi) is 5.69. The number of fused-ring (bicyclic) bond motifs is 3. The molecule has 8 heteroatoms. The van der Waals surface area contributed by atoms with E-state index in [1.807, 2.05) is 18.2 Å². The molecule has 5 rings (SSSR count). The van der Waals surface area contributed by atoms with Crippen LogP contribution in [0.15, 0.2) is 77.7 Å². The Morgan fingerprint density at radius 1 is 1.00 bits per heavy atom. The van der Waals surface area contributed by atoms with Crippen molar-refractivity contribution in [2.75, 3.05) is 24.3 Å². The van der Waals surface area contributed by atoms with Gasteiger partial charge in [-0.2, -0.15) is 0 Å². The average molecular weight is 481 g/mol. The zero-order chi connectivity index (χ0) is 23.9. The van der Waals surface area contributed by atoms with E-state index in [0.29, 0.717) is 17.2 Å².